The smallest absolute Gasteiger partial charge is 0.416 e. The van der Waals surface area contributed by atoms with Crippen LogP contribution in [0.15, 0.2) is 48.5 Å². The number of rotatable bonds is 10. The third-order valence-corrected chi connectivity index (χ3v) is 5.01. The third-order valence-electron chi connectivity index (χ3n) is 5.01. The number of hydrogen-bond donors (Lipinski definition) is 1. The Kier molecular flexibility index (Phi) is 9.34. The SMILES string of the molecule is COc1ccc(NC(=O)/C=C/c2cccc(C(F)(F)F)c2)cc1OCCN(C(C)C)C(C)C. The predicted molar refractivity (Wildman–Crippen MR) is 125 cm³/mol. The van der Waals surface area contributed by atoms with Crippen LogP contribution in [0.2, 0.25) is 0 Å². The van der Waals surface area contributed by atoms with E-state index in [0.717, 1.165) is 18.7 Å². The van der Waals surface area contributed by atoms with E-state index in [-0.39, 0.29) is 5.56 Å². The van der Waals surface area contributed by atoms with Crippen LogP contribution in [0.3, 0.4) is 0 Å². The van der Waals surface area contributed by atoms with Crippen molar-refractivity contribution in [3.63, 3.8) is 0 Å². The molecule has 5 nitrogen and oxygen atoms in total. The standard InChI is InChI=1S/C25H31F3N2O3/c1-17(2)30(18(3)4)13-14-33-23-16-21(10-11-22(23)32-5)29-24(31)12-9-19-7-6-8-20(15-19)25(26,27)28/h6-12,15-18H,13-14H2,1-5H3,(H,29,31)/b12-9+. The molecule has 0 saturated heterocycles. The molecule has 1 N–H and O–H groups in total. The van der Waals surface area contributed by atoms with Crippen LogP contribution in [0.4, 0.5) is 18.9 Å². The second kappa shape index (κ2) is 11.7. The Morgan fingerprint density at radius 2 is 1.76 bits per heavy atom. The molecule has 0 heterocycles. The van der Waals surface area contributed by atoms with Gasteiger partial charge in [-0.15, -0.1) is 0 Å². The van der Waals surface area contributed by atoms with Gasteiger partial charge >= 0.3 is 6.18 Å². The number of methoxy groups -OCH3 is 1. The zero-order valence-corrected chi connectivity index (χ0v) is 19.6. The van der Waals surface area contributed by atoms with E-state index < -0.39 is 17.6 Å². The molecule has 0 bridgehead atoms. The van der Waals surface area contributed by atoms with Gasteiger partial charge in [0.05, 0.1) is 12.7 Å². The van der Waals surface area contributed by atoms with E-state index in [2.05, 4.69) is 37.9 Å². The Balaban J connectivity index is 2.04. The first-order valence-electron chi connectivity index (χ1n) is 10.7. The molecule has 1 amide bonds. The van der Waals surface area contributed by atoms with Gasteiger partial charge in [0.15, 0.2) is 11.5 Å². The first-order chi connectivity index (χ1) is 15.5. The zero-order valence-electron chi connectivity index (χ0n) is 19.6. The highest BCUT2D eigenvalue weighted by Crippen LogP contribution is 2.31. The lowest BCUT2D eigenvalue weighted by Crippen LogP contribution is -2.39. The number of halogens is 3. The predicted octanol–water partition coefficient (Wildman–Crippen LogP) is 5.86. The summed E-state index contributed by atoms with van der Waals surface area (Å²) in [5.41, 5.74) is -0.0110. The van der Waals surface area contributed by atoms with E-state index in [0.29, 0.717) is 35.9 Å². The van der Waals surface area contributed by atoms with Crippen molar-refractivity contribution in [2.75, 3.05) is 25.6 Å². The van der Waals surface area contributed by atoms with Crippen molar-refractivity contribution in [2.24, 2.45) is 0 Å². The molecule has 0 aliphatic rings. The van der Waals surface area contributed by atoms with Gasteiger partial charge in [0.25, 0.3) is 0 Å². The second-order valence-electron chi connectivity index (χ2n) is 8.09. The van der Waals surface area contributed by atoms with E-state index >= 15 is 0 Å². The molecular weight excluding hydrogens is 433 g/mol. The third kappa shape index (κ3) is 8.13. The molecule has 180 valence electrons. The number of anilines is 1. The topological polar surface area (TPSA) is 50.8 Å². The molecule has 0 atom stereocenters. The van der Waals surface area contributed by atoms with Crippen LogP contribution in [-0.2, 0) is 11.0 Å². The Morgan fingerprint density at radius 1 is 1.06 bits per heavy atom. The Morgan fingerprint density at radius 3 is 2.36 bits per heavy atom. The van der Waals surface area contributed by atoms with Gasteiger partial charge in [-0.3, -0.25) is 9.69 Å². The number of nitrogens with zero attached hydrogens (tertiary/aromatic N) is 1. The first-order valence-corrected chi connectivity index (χ1v) is 10.7. The quantitative estimate of drug-likeness (QED) is 0.447. The number of hydrogen-bond acceptors (Lipinski definition) is 4. The molecule has 2 rings (SSSR count). The lowest BCUT2D eigenvalue weighted by atomic mass is 10.1. The van der Waals surface area contributed by atoms with Gasteiger partial charge < -0.3 is 14.8 Å². The summed E-state index contributed by atoms with van der Waals surface area (Å²) < 4.78 is 49.8. The van der Waals surface area contributed by atoms with Crippen LogP contribution >= 0.6 is 0 Å². The molecule has 0 spiro atoms. The molecule has 0 radical (unpaired) electrons. The Labute approximate surface area is 193 Å². The van der Waals surface area contributed by atoms with E-state index in [1.54, 1.807) is 18.2 Å². The van der Waals surface area contributed by atoms with Crippen molar-refractivity contribution >= 4 is 17.7 Å². The average molecular weight is 465 g/mol. The van der Waals surface area contributed by atoms with Gasteiger partial charge in [-0.1, -0.05) is 12.1 Å². The summed E-state index contributed by atoms with van der Waals surface area (Å²) in [6.07, 6.45) is -1.92. The summed E-state index contributed by atoms with van der Waals surface area (Å²) in [6.45, 7) is 9.69. The summed E-state index contributed by atoms with van der Waals surface area (Å²) in [5.74, 6) is 0.548. The number of carbonyl (C=O) groups is 1. The molecule has 33 heavy (non-hydrogen) atoms. The molecule has 0 aliphatic heterocycles. The van der Waals surface area contributed by atoms with Crippen LogP contribution in [-0.4, -0.2) is 43.2 Å². The average Bonchev–Trinajstić information content (AvgIpc) is 2.74. The number of alkyl halides is 3. The number of ether oxygens (including phenoxy) is 2. The lowest BCUT2D eigenvalue weighted by molar-refractivity contribution is -0.137. The van der Waals surface area contributed by atoms with Gasteiger partial charge in [0, 0.05) is 36.5 Å². The minimum atomic E-state index is -4.44. The minimum Gasteiger partial charge on any atom is -0.493 e. The molecule has 0 aromatic heterocycles. The Bertz CT molecular complexity index is 948. The van der Waals surface area contributed by atoms with Crippen molar-refractivity contribution in [2.45, 2.75) is 46.0 Å². The van der Waals surface area contributed by atoms with Crippen molar-refractivity contribution in [3.8, 4) is 11.5 Å². The number of benzene rings is 2. The molecule has 2 aromatic rings. The van der Waals surface area contributed by atoms with Crippen LogP contribution in [0.25, 0.3) is 6.08 Å². The van der Waals surface area contributed by atoms with Crippen LogP contribution < -0.4 is 14.8 Å². The maximum atomic E-state index is 12.8. The highest BCUT2D eigenvalue weighted by molar-refractivity contribution is 6.02. The van der Waals surface area contributed by atoms with Gasteiger partial charge in [-0.05, 0) is 63.6 Å². The highest BCUT2D eigenvalue weighted by atomic mass is 19.4. The maximum Gasteiger partial charge on any atom is 0.416 e. The van der Waals surface area contributed by atoms with Gasteiger partial charge in [0.1, 0.15) is 6.61 Å². The number of carbonyl (C=O) groups excluding carboxylic acids is 1. The summed E-state index contributed by atoms with van der Waals surface area (Å²) in [4.78, 5) is 14.6. The fourth-order valence-electron chi connectivity index (χ4n) is 3.42. The summed E-state index contributed by atoms with van der Waals surface area (Å²) in [6, 6.07) is 10.5. The van der Waals surface area contributed by atoms with Crippen molar-refractivity contribution < 1.29 is 27.4 Å². The van der Waals surface area contributed by atoms with E-state index in [9.17, 15) is 18.0 Å². The van der Waals surface area contributed by atoms with Crippen molar-refractivity contribution in [1.82, 2.24) is 4.90 Å². The van der Waals surface area contributed by atoms with Crippen LogP contribution in [0.5, 0.6) is 11.5 Å². The zero-order chi connectivity index (χ0) is 24.6. The molecule has 0 aliphatic carbocycles. The van der Waals surface area contributed by atoms with Gasteiger partial charge in [-0.25, -0.2) is 0 Å². The molecule has 0 unspecified atom stereocenters. The van der Waals surface area contributed by atoms with E-state index in [4.69, 9.17) is 9.47 Å². The highest BCUT2D eigenvalue weighted by Gasteiger charge is 2.30. The summed E-state index contributed by atoms with van der Waals surface area (Å²) >= 11 is 0. The monoisotopic (exact) mass is 464 g/mol. The van der Waals surface area contributed by atoms with E-state index in [1.165, 1.54) is 31.4 Å². The van der Waals surface area contributed by atoms with Crippen LogP contribution in [0, 0.1) is 0 Å². The van der Waals surface area contributed by atoms with Gasteiger partial charge in [0.2, 0.25) is 5.91 Å². The summed E-state index contributed by atoms with van der Waals surface area (Å²) in [7, 11) is 1.53. The minimum absolute atomic E-state index is 0.276. The number of amides is 1. The molecule has 2 aromatic carbocycles. The largest absolute Gasteiger partial charge is 0.493 e. The van der Waals surface area contributed by atoms with Crippen LogP contribution in [0.1, 0.15) is 38.8 Å². The fourth-order valence-corrected chi connectivity index (χ4v) is 3.42. The molecular formula is C25H31F3N2O3. The van der Waals surface area contributed by atoms with Crippen molar-refractivity contribution in [1.29, 1.82) is 0 Å². The molecule has 0 saturated carbocycles. The number of nitrogens with one attached hydrogen (secondary N) is 1. The maximum absolute atomic E-state index is 12.8. The van der Waals surface area contributed by atoms with Crippen molar-refractivity contribution in [3.05, 3.63) is 59.7 Å². The molecule has 0 fully saturated rings. The first kappa shape index (κ1) is 26.3. The second-order valence-corrected chi connectivity index (χ2v) is 8.09. The fraction of sp³-hybridized carbons (Fsp3) is 0.400. The van der Waals surface area contributed by atoms with Gasteiger partial charge in [-0.2, -0.15) is 13.2 Å². The summed E-state index contributed by atoms with van der Waals surface area (Å²) in [5, 5.41) is 2.69. The Hall–Kier alpha value is -3.00. The molecule has 8 heteroatoms. The lowest BCUT2D eigenvalue weighted by Gasteiger charge is -2.30. The van der Waals surface area contributed by atoms with E-state index in [1.807, 2.05) is 0 Å². The normalized spacial score (nSPS) is 12.1.